The van der Waals surface area contributed by atoms with E-state index in [9.17, 15) is 9.90 Å². The fourth-order valence-electron chi connectivity index (χ4n) is 5.64. The number of amides is 1. The first-order valence-electron chi connectivity index (χ1n) is 13.9. The third kappa shape index (κ3) is 6.45. The maximum atomic E-state index is 12.4. The predicted molar refractivity (Wildman–Crippen MR) is 153 cm³/mol. The SMILES string of the molecule is CCCC(=O)N1CCC(C(CO)COC(c2ccccc2)(c2ccc(OC)cc2)c2ccc(OC)cc2)CC1. The highest BCUT2D eigenvalue weighted by Gasteiger charge is 2.39. The number of rotatable bonds is 12. The van der Waals surface area contributed by atoms with Crippen molar-refractivity contribution in [1.29, 1.82) is 0 Å². The molecule has 39 heavy (non-hydrogen) atoms. The first-order valence-corrected chi connectivity index (χ1v) is 13.9. The molecule has 0 radical (unpaired) electrons. The molecule has 0 aliphatic carbocycles. The van der Waals surface area contributed by atoms with Gasteiger partial charge in [-0.2, -0.15) is 0 Å². The molecule has 0 spiro atoms. The minimum Gasteiger partial charge on any atom is -0.497 e. The predicted octanol–water partition coefficient (Wildman–Crippen LogP) is 5.66. The summed E-state index contributed by atoms with van der Waals surface area (Å²) in [7, 11) is 3.32. The van der Waals surface area contributed by atoms with E-state index >= 15 is 0 Å². The molecule has 3 aromatic rings. The number of methoxy groups -OCH3 is 2. The number of hydrogen-bond donors (Lipinski definition) is 1. The van der Waals surface area contributed by atoms with E-state index in [4.69, 9.17) is 14.2 Å². The van der Waals surface area contributed by atoms with Crippen molar-refractivity contribution in [2.75, 3.05) is 40.5 Å². The van der Waals surface area contributed by atoms with E-state index in [1.54, 1.807) is 14.2 Å². The zero-order valence-corrected chi connectivity index (χ0v) is 23.3. The fraction of sp³-hybridized carbons (Fsp3) is 0.424. The lowest BCUT2D eigenvalue weighted by Gasteiger charge is -2.40. The number of carbonyl (C=O) groups excluding carboxylic acids is 1. The second-order valence-electron chi connectivity index (χ2n) is 10.2. The first kappa shape index (κ1) is 28.7. The van der Waals surface area contributed by atoms with Crippen molar-refractivity contribution in [3.8, 4) is 11.5 Å². The van der Waals surface area contributed by atoms with E-state index in [0.29, 0.717) is 13.0 Å². The van der Waals surface area contributed by atoms with Crippen LogP contribution >= 0.6 is 0 Å². The number of ether oxygens (including phenoxy) is 3. The van der Waals surface area contributed by atoms with Crippen LogP contribution in [0.15, 0.2) is 78.9 Å². The monoisotopic (exact) mass is 531 g/mol. The Labute approximate surface area is 232 Å². The molecule has 1 unspecified atom stereocenters. The molecule has 6 nitrogen and oxygen atoms in total. The minimum atomic E-state index is -0.912. The Kier molecular flexibility index (Phi) is 10.0. The van der Waals surface area contributed by atoms with Crippen LogP contribution in [0, 0.1) is 11.8 Å². The van der Waals surface area contributed by atoms with E-state index in [1.165, 1.54) is 0 Å². The number of piperidine rings is 1. The van der Waals surface area contributed by atoms with Gasteiger partial charge in [-0.3, -0.25) is 4.79 Å². The van der Waals surface area contributed by atoms with Gasteiger partial charge in [-0.25, -0.2) is 0 Å². The summed E-state index contributed by atoms with van der Waals surface area (Å²) >= 11 is 0. The average Bonchev–Trinajstić information content (AvgIpc) is 3.00. The summed E-state index contributed by atoms with van der Waals surface area (Å²) in [6.45, 7) is 3.91. The topological polar surface area (TPSA) is 68.2 Å². The molecular formula is C33H41NO5. The molecule has 1 fully saturated rings. The van der Waals surface area contributed by atoms with Crippen LogP contribution in [0.2, 0.25) is 0 Å². The lowest BCUT2D eigenvalue weighted by Crippen LogP contribution is -2.42. The summed E-state index contributed by atoms with van der Waals surface area (Å²) in [5.41, 5.74) is 2.02. The summed E-state index contributed by atoms with van der Waals surface area (Å²) in [4.78, 5) is 14.4. The van der Waals surface area contributed by atoms with Gasteiger partial charge in [-0.15, -0.1) is 0 Å². The van der Waals surface area contributed by atoms with E-state index < -0.39 is 5.60 Å². The van der Waals surface area contributed by atoms with E-state index in [1.807, 2.05) is 78.6 Å². The van der Waals surface area contributed by atoms with Crippen molar-refractivity contribution < 1.29 is 24.1 Å². The number of aliphatic hydroxyl groups excluding tert-OH is 1. The third-order valence-corrected chi connectivity index (χ3v) is 7.94. The largest absolute Gasteiger partial charge is 0.497 e. The number of likely N-dealkylation sites (tertiary alicyclic amines) is 1. The third-order valence-electron chi connectivity index (χ3n) is 7.94. The molecule has 0 aromatic heterocycles. The number of benzene rings is 3. The fourth-order valence-corrected chi connectivity index (χ4v) is 5.64. The molecule has 1 atom stereocenters. The average molecular weight is 532 g/mol. The number of aliphatic hydroxyl groups is 1. The Balaban J connectivity index is 1.68. The van der Waals surface area contributed by atoms with Crippen LogP contribution in [-0.2, 0) is 15.1 Å². The van der Waals surface area contributed by atoms with Crippen LogP contribution in [0.25, 0.3) is 0 Å². The molecule has 1 aliphatic heterocycles. The highest BCUT2D eigenvalue weighted by atomic mass is 16.5. The van der Waals surface area contributed by atoms with Crippen LogP contribution in [0.4, 0.5) is 0 Å². The molecule has 4 rings (SSSR count). The molecule has 0 bridgehead atoms. The van der Waals surface area contributed by atoms with Gasteiger partial charge in [0.1, 0.15) is 17.1 Å². The van der Waals surface area contributed by atoms with Gasteiger partial charge in [-0.05, 0) is 66.1 Å². The maximum absolute atomic E-state index is 12.4. The van der Waals surface area contributed by atoms with Gasteiger partial charge < -0.3 is 24.2 Å². The van der Waals surface area contributed by atoms with Crippen molar-refractivity contribution in [2.45, 2.75) is 38.2 Å². The lowest BCUT2D eigenvalue weighted by atomic mass is 9.79. The lowest BCUT2D eigenvalue weighted by molar-refractivity contribution is -0.133. The molecule has 1 N–H and O–H groups in total. The second-order valence-corrected chi connectivity index (χ2v) is 10.2. The molecule has 1 heterocycles. The number of hydrogen-bond acceptors (Lipinski definition) is 5. The van der Waals surface area contributed by atoms with Gasteiger partial charge in [0.25, 0.3) is 0 Å². The van der Waals surface area contributed by atoms with Crippen LogP contribution in [0.5, 0.6) is 11.5 Å². The van der Waals surface area contributed by atoms with Gasteiger partial charge in [-0.1, -0.05) is 61.5 Å². The van der Waals surface area contributed by atoms with Crippen molar-refractivity contribution in [3.63, 3.8) is 0 Å². The van der Waals surface area contributed by atoms with Gasteiger partial charge in [0.15, 0.2) is 0 Å². The molecule has 3 aromatic carbocycles. The summed E-state index contributed by atoms with van der Waals surface area (Å²) in [6.07, 6.45) is 3.20. The highest BCUT2D eigenvalue weighted by Crippen LogP contribution is 2.42. The van der Waals surface area contributed by atoms with Gasteiger partial charge in [0.2, 0.25) is 5.91 Å². The van der Waals surface area contributed by atoms with Crippen molar-refractivity contribution in [1.82, 2.24) is 4.90 Å². The summed E-state index contributed by atoms with van der Waals surface area (Å²) < 4.78 is 17.9. The van der Waals surface area contributed by atoms with E-state index in [-0.39, 0.29) is 24.3 Å². The van der Waals surface area contributed by atoms with Crippen molar-refractivity contribution in [2.24, 2.45) is 11.8 Å². The summed E-state index contributed by atoms with van der Waals surface area (Å²) in [5, 5.41) is 10.5. The second kappa shape index (κ2) is 13.6. The molecule has 1 aliphatic rings. The van der Waals surface area contributed by atoms with E-state index in [0.717, 1.165) is 60.5 Å². The Bertz CT molecular complexity index is 1110. The minimum absolute atomic E-state index is 0.0314. The smallest absolute Gasteiger partial charge is 0.222 e. The Hall–Kier alpha value is -3.35. The van der Waals surface area contributed by atoms with Crippen molar-refractivity contribution in [3.05, 3.63) is 95.6 Å². The Morgan fingerprint density at radius 1 is 0.872 bits per heavy atom. The number of carbonyl (C=O) groups is 1. The van der Waals surface area contributed by atoms with Gasteiger partial charge in [0.05, 0.1) is 20.8 Å². The van der Waals surface area contributed by atoms with Crippen molar-refractivity contribution >= 4 is 5.91 Å². The summed E-state index contributed by atoms with van der Waals surface area (Å²) in [5.74, 6) is 2.00. The summed E-state index contributed by atoms with van der Waals surface area (Å²) in [6, 6.07) is 26.2. The zero-order chi connectivity index (χ0) is 27.7. The van der Waals surface area contributed by atoms with Crippen LogP contribution in [-0.4, -0.2) is 56.4 Å². The maximum Gasteiger partial charge on any atom is 0.222 e. The van der Waals surface area contributed by atoms with Crippen LogP contribution < -0.4 is 9.47 Å². The quantitative estimate of drug-likeness (QED) is 0.306. The van der Waals surface area contributed by atoms with Crippen LogP contribution in [0.3, 0.4) is 0 Å². The Morgan fingerprint density at radius 2 is 1.38 bits per heavy atom. The Morgan fingerprint density at radius 3 is 1.85 bits per heavy atom. The first-order chi connectivity index (χ1) is 19.0. The van der Waals surface area contributed by atoms with Crippen LogP contribution in [0.1, 0.15) is 49.3 Å². The van der Waals surface area contributed by atoms with E-state index in [2.05, 4.69) is 12.1 Å². The zero-order valence-electron chi connectivity index (χ0n) is 23.3. The van der Waals surface area contributed by atoms with Gasteiger partial charge in [0, 0.05) is 32.0 Å². The molecule has 208 valence electrons. The molecule has 1 saturated heterocycles. The molecule has 1 amide bonds. The normalized spacial score (nSPS) is 15.1. The van der Waals surface area contributed by atoms with Gasteiger partial charge >= 0.3 is 0 Å². The highest BCUT2D eigenvalue weighted by molar-refractivity contribution is 5.76. The molecular weight excluding hydrogens is 490 g/mol. The number of nitrogens with zero attached hydrogens (tertiary/aromatic N) is 1. The molecule has 0 saturated carbocycles. The standard InChI is InChI=1S/C33H41NO5/c1-4-8-32(36)34-21-19-25(20-22-34)26(23-35)24-39-33(27-9-6-5-7-10-27,28-11-15-30(37-2)16-12-28)29-13-17-31(38-3)18-14-29/h5-7,9-18,25-26,35H,4,8,19-24H2,1-3H3. The molecule has 6 heteroatoms.